The number of phenols is 2. The van der Waals surface area contributed by atoms with Gasteiger partial charge in [-0.25, -0.2) is 8.42 Å². The zero-order valence-electron chi connectivity index (χ0n) is 66.3. The van der Waals surface area contributed by atoms with Gasteiger partial charge in [-0.3, -0.25) is 19.5 Å². The van der Waals surface area contributed by atoms with Gasteiger partial charge in [0.15, 0.2) is 63.3 Å². The molecule has 2 atom stereocenters. The average molecular weight is 1550 g/mol. The molecule has 0 unspecified atom stereocenters. The molecule has 0 aromatic heterocycles. The molecule has 0 aliphatic heterocycles. The van der Waals surface area contributed by atoms with E-state index in [-0.39, 0.29) is 124 Å². The molecule has 0 heterocycles. The number of rotatable bonds is 27. The van der Waals surface area contributed by atoms with Crippen LogP contribution in [-0.4, -0.2) is 117 Å². The van der Waals surface area contributed by atoms with Crippen LogP contribution in [0, 0.1) is 0 Å². The number of nitrogens with zero attached hydrogens (tertiary/aromatic N) is 1. The first-order chi connectivity index (χ1) is 46.2. The molecule has 5 aromatic carbocycles. The van der Waals surface area contributed by atoms with Crippen LogP contribution in [0.4, 0.5) is 0 Å². The number of aldehydes is 2. The zero-order valence-corrected chi connectivity index (χ0v) is 71.5. The van der Waals surface area contributed by atoms with Crippen molar-refractivity contribution >= 4 is 73.8 Å². The molecular formula is C80H126BrN2NaO17S2. The Bertz CT molecular complexity index is 3330. The van der Waals surface area contributed by atoms with E-state index in [0.29, 0.717) is 45.9 Å². The van der Waals surface area contributed by atoms with E-state index in [1.807, 2.05) is 208 Å². The predicted octanol–water partition coefficient (Wildman–Crippen LogP) is 16.4. The van der Waals surface area contributed by atoms with E-state index in [1.165, 1.54) is 31.2 Å². The van der Waals surface area contributed by atoms with Gasteiger partial charge in [0.25, 0.3) is 0 Å². The van der Waals surface area contributed by atoms with E-state index in [4.69, 9.17) is 53.2 Å². The number of hydrogen-bond acceptors (Lipinski definition) is 17. The third-order valence-corrected chi connectivity index (χ3v) is 14.3. The Balaban J connectivity index is -0.000000378. The van der Waals surface area contributed by atoms with Crippen LogP contribution < -0.4 is 72.6 Å². The van der Waals surface area contributed by atoms with Crippen LogP contribution >= 0.6 is 15.9 Å². The van der Waals surface area contributed by atoms with E-state index >= 15 is 0 Å². The van der Waals surface area contributed by atoms with Crippen LogP contribution in [0.1, 0.15) is 245 Å². The minimum absolute atomic E-state index is 0. The van der Waals surface area contributed by atoms with Crippen molar-refractivity contribution in [1.29, 1.82) is 0 Å². The van der Waals surface area contributed by atoms with Gasteiger partial charge in [-0.1, -0.05) is 61.5 Å². The third kappa shape index (κ3) is 53.3. The Morgan fingerprint density at radius 2 is 0.748 bits per heavy atom. The van der Waals surface area contributed by atoms with Crippen molar-refractivity contribution in [2.45, 2.75) is 283 Å². The number of carbonyl (C=O) groups is 4. The van der Waals surface area contributed by atoms with Crippen LogP contribution in [0.15, 0.2) is 101 Å². The molecule has 5 N–H and O–H groups in total. The summed E-state index contributed by atoms with van der Waals surface area (Å²) in [6, 6.07) is 26.7. The van der Waals surface area contributed by atoms with Gasteiger partial charge in [0, 0.05) is 28.1 Å². The van der Waals surface area contributed by atoms with Crippen molar-refractivity contribution in [3.05, 3.63) is 125 Å². The van der Waals surface area contributed by atoms with E-state index in [1.54, 1.807) is 31.2 Å². The van der Waals surface area contributed by atoms with Crippen molar-refractivity contribution < 1.29 is 111 Å². The molecule has 0 aliphatic rings. The van der Waals surface area contributed by atoms with E-state index in [0.717, 1.165) is 76.7 Å². The molecule has 5 aromatic rings. The van der Waals surface area contributed by atoms with Crippen molar-refractivity contribution in [3.8, 4) is 57.5 Å². The molecule has 5 rings (SSSR count). The number of aromatic hydroxyl groups is 2. The standard InChI is InChI=1S/C20H33NO3S.C16H24O3.C16H22O3.C13H18O3.C7H6O3.C4H11NOS.C3H7Br.CH4.Na.H2O/c1-14(2)23-18-12-11-17(13-19(18)24-15(3)4)10-9-16(5)21-25(22)20(6,7)8;2*1-11(2)18-15-9-8-14(7-6-13(5)17)10-16(15)19-12(3)4;1-9(2)15-12-6-5-11(8-14)7-13(12)16-10(3)4;8-4-5-1-2-6(9)7(10)3-5;1-4(2,3)7(5)6;1-3(2)4;;;/h11-15H,9-10H2,1-8H3;8-12H,6-7H2,1-5H3;6-12H,1-5H3;5-10H,1-4H3;1-4,9-10H;5H2,1-3H3;3H,1-2H3;1H4;;1H2/q;;;;;;;;+1;/p-1/b;;7-6+;;;;;;;/t25-;;;;;7-;;;;/m1....1..../s1. The maximum absolute atomic E-state index is 12.1. The molecule has 0 radical (unpaired) electrons. The zero-order chi connectivity index (χ0) is 77.4. The van der Waals surface area contributed by atoms with E-state index in [9.17, 15) is 27.6 Å². The number of allylic oxidation sites excluding steroid dienone is 1. The van der Waals surface area contributed by atoms with Crippen molar-refractivity contribution in [2.75, 3.05) is 0 Å². The number of carbonyl (C=O) groups excluding carboxylic acids is 4. The predicted molar refractivity (Wildman–Crippen MR) is 425 cm³/mol. The first-order valence-corrected chi connectivity index (χ1v) is 37.2. The van der Waals surface area contributed by atoms with Crippen LogP contribution in [0.5, 0.6) is 57.5 Å². The number of benzene rings is 5. The van der Waals surface area contributed by atoms with Gasteiger partial charge in [-0.05, 0) is 288 Å². The second-order valence-corrected chi connectivity index (χ2v) is 33.1. The van der Waals surface area contributed by atoms with Crippen LogP contribution in [0.2, 0.25) is 0 Å². The molecule has 0 spiro atoms. The van der Waals surface area contributed by atoms with Crippen LogP contribution in [-0.2, 0) is 44.4 Å². The normalized spacial score (nSPS) is 11.5. The van der Waals surface area contributed by atoms with Gasteiger partial charge in [-0.2, -0.15) is 4.40 Å². The van der Waals surface area contributed by atoms with Gasteiger partial charge in [0.05, 0.1) is 69.3 Å². The summed E-state index contributed by atoms with van der Waals surface area (Å²) in [5, 5.41) is 22.6. The monoisotopic (exact) mass is 1550 g/mol. The van der Waals surface area contributed by atoms with Crippen LogP contribution in [0.25, 0.3) is 6.08 Å². The third-order valence-electron chi connectivity index (χ3n) is 11.5. The molecular weight excluding hydrogens is 1430 g/mol. The minimum atomic E-state index is -1.20. The molecule has 0 fully saturated rings. The van der Waals surface area contributed by atoms with Crippen molar-refractivity contribution in [1.82, 2.24) is 0 Å². The summed E-state index contributed by atoms with van der Waals surface area (Å²) in [5.74, 6) is 5.51. The molecule has 578 valence electrons. The number of nitrogens with two attached hydrogens (primary N) is 1. The molecule has 0 bridgehead atoms. The Hall–Kier alpha value is -6.11. The van der Waals surface area contributed by atoms with E-state index in [2.05, 4.69) is 40.2 Å². The topological polar surface area (TPSA) is 285 Å². The van der Waals surface area contributed by atoms with E-state index < -0.39 is 22.0 Å². The maximum atomic E-state index is 12.1. The molecule has 0 saturated heterocycles. The second kappa shape index (κ2) is 55.4. The van der Waals surface area contributed by atoms with Crippen molar-refractivity contribution in [3.63, 3.8) is 0 Å². The van der Waals surface area contributed by atoms with Gasteiger partial charge >= 0.3 is 29.6 Å². The number of aryl methyl sites for hydroxylation is 2. The second-order valence-electron chi connectivity index (χ2n) is 27.5. The fourth-order valence-corrected chi connectivity index (χ4v) is 7.88. The summed E-state index contributed by atoms with van der Waals surface area (Å²) in [6.07, 6.45) is 8.29. The summed E-state index contributed by atoms with van der Waals surface area (Å²) in [4.78, 5) is 43.4. The first-order valence-electron chi connectivity index (χ1n) is 33.9. The molecule has 0 amide bonds. The Morgan fingerprint density at radius 3 is 1.04 bits per heavy atom. The Labute approximate surface area is 654 Å². The number of halogens is 1. The van der Waals surface area contributed by atoms with Crippen molar-refractivity contribution in [2.24, 2.45) is 9.54 Å². The van der Waals surface area contributed by atoms with Gasteiger partial charge in [0.2, 0.25) is 0 Å². The summed E-state index contributed by atoms with van der Waals surface area (Å²) >= 11 is 3.27. The minimum Gasteiger partial charge on any atom is -0.870 e. The number of ketones is 2. The molecule has 0 saturated carbocycles. The van der Waals surface area contributed by atoms with Gasteiger partial charge < -0.3 is 58.4 Å². The average Bonchev–Trinajstić information content (AvgIpc) is 0.870. The quantitative estimate of drug-likeness (QED) is 0.0110. The van der Waals surface area contributed by atoms with Gasteiger partial charge in [-0.15, -0.1) is 0 Å². The fraction of sp³-hybridized carbons (Fsp3) is 0.537. The SMILES string of the molecule is C.CC(=O)/C=C/c1ccc(OC(C)C)c(OC(C)C)c1.CC(=O)CCc1ccc(OC(C)C)c(OC(C)C)c1.CC(C)(C)[S@](N)=O.CC(C)Br.CC(C)Oc1ccc(C=O)cc1OC(C)C.CC(CCc1ccc(OC(C)C)c(OC(C)C)c1)=N[S@](=O)C(C)(C)C.O=Cc1ccc(O)c(O)c1.[Na+].[OH-]. The fourth-order valence-electron chi connectivity index (χ4n) is 7.23. The maximum Gasteiger partial charge on any atom is 1.00 e. The van der Waals surface area contributed by atoms with Crippen LogP contribution in [0.3, 0.4) is 0 Å². The number of ether oxygens (including phenoxy) is 8. The molecule has 19 nitrogen and oxygen atoms in total. The van der Waals surface area contributed by atoms with Gasteiger partial charge in [0.1, 0.15) is 29.3 Å². The summed E-state index contributed by atoms with van der Waals surface area (Å²) < 4.78 is 72.1. The molecule has 23 heteroatoms. The number of alkyl halides is 1. The number of phenolic OH excluding ortho intramolecular Hbond substituents is 2. The first kappa shape index (κ1) is 106. The number of hydrogen-bond donors (Lipinski definition) is 3. The molecule has 0 aliphatic carbocycles. The Morgan fingerprint density at radius 1 is 0.466 bits per heavy atom. The Kier molecular flexibility index (Phi) is 56.7. The number of Topliss-reactive ketones (excluding diaryl/α,β-unsaturated/α-hetero) is 1. The molecule has 103 heavy (non-hydrogen) atoms. The summed E-state index contributed by atoms with van der Waals surface area (Å²) in [7, 11) is -2.39. The summed E-state index contributed by atoms with van der Waals surface area (Å²) in [6.45, 7) is 52.2. The smallest absolute Gasteiger partial charge is 0.870 e. The summed E-state index contributed by atoms with van der Waals surface area (Å²) in [5.41, 5.74) is 5.01. The largest absolute Gasteiger partial charge is 1.00 e.